The number of ether oxygens (including phenoxy) is 1. The average Bonchev–Trinajstić information content (AvgIpc) is 2.45. The van der Waals surface area contributed by atoms with Crippen LogP contribution in [-0.2, 0) is 19.0 Å². The fourth-order valence-corrected chi connectivity index (χ4v) is 3.16. The summed E-state index contributed by atoms with van der Waals surface area (Å²) >= 11 is 0. The summed E-state index contributed by atoms with van der Waals surface area (Å²) < 4.78 is 33.5. The zero-order chi connectivity index (χ0) is 16.3. The fraction of sp³-hybridized carbons (Fsp3) is 0.267. The first kappa shape index (κ1) is 16.1. The molecule has 0 bridgehead atoms. The van der Waals surface area contributed by atoms with Gasteiger partial charge in [-0.25, -0.2) is 4.79 Å². The molecule has 0 spiro atoms. The highest BCUT2D eigenvalue weighted by Gasteiger charge is 2.24. The number of anilines is 1. The Labute approximate surface area is 129 Å². The Balaban J connectivity index is 2.57. The summed E-state index contributed by atoms with van der Waals surface area (Å²) in [5, 5.41) is 1.24. The lowest BCUT2D eigenvalue weighted by Gasteiger charge is -2.16. The number of hydrogen-bond acceptors (Lipinski definition) is 6. The van der Waals surface area contributed by atoms with E-state index in [4.69, 9.17) is 0 Å². The molecule has 0 aliphatic heterocycles. The van der Waals surface area contributed by atoms with Gasteiger partial charge in [-0.15, -0.1) is 0 Å². The molecule has 0 aliphatic rings. The quantitative estimate of drug-likeness (QED) is 0.636. The van der Waals surface area contributed by atoms with Crippen molar-refractivity contribution in [3.63, 3.8) is 0 Å². The molecule has 0 atom stereocenters. The van der Waals surface area contributed by atoms with Crippen LogP contribution in [0.25, 0.3) is 10.8 Å². The van der Waals surface area contributed by atoms with E-state index in [9.17, 15) is 13.2 Å². The summed E-state index contributed by atoms with van der Waals surface area (Å²) in [5.74, 6) is 0. The number of rotatable bonds is 4. The smallest absolute Gasteiger partial charge is 0.434 e. The normalized spacial score (nSPS) is 11.2. The lowest BCUT2D eigenvalue weighted by molar-refractivity contribution is 0.107. The summed E-state index contributed by atoms with van der Waals surface area (Å²) in [6.07, 6.45) is -1.23. The Morgan fingerprint density at radius 3 is 2.36 bits per heavy atom. The van der Waals surface area contributed by atoms with E-state index in [1.807, 2.05) is 31.1 Å². The zero-order valence-electron chi connectivity index (χ0n) is 12.6. The molecule has 0 radical (unpaired) electrons. The molecule has 0 saturated heterocycles. The molecular weight excluding hydrogens is 306 g/mol. The fourth-order valence-electron chi connectivity index (χ4n) is 2.15. The first-order valence-electron chi connectivity index (χ1n) is 6.67. The molecule has 2 aromatic rings. The van der Waals surface area contributed by atoms with Crippen molar-refractivity contribution in [1.82, 2.24) is 0 Å². The second-order valence-corrected chi connectivity index (χ2v) is 6.26. The first-order chi connectivity index (χ1) is 10.4. The molecule has 0 amide bonds. The highest BCUT2D eigenvalue weighted by atomic mass is 32.2. The van der Waals surface area contributed by atoms with Crippen LogP contribution < -0.4 is 4.90 Å². The number of carbonyl (C=O) groups excluding carboxylic acids is 1. The molecule has 0 aromatic heterocycles. The number of carbonyl (C=O) groups is 1. The van der Waals surface area contributed by atoms with Gasteiger partial charge in [0.1, 0.15) is 4.90 Å². The minimum Gasteiger partial charge on any atom is -0.434 e. The lowest BCUT2D eigenvalue weighted by atomic mass is 10.1. The largest absolute Gasteiger partial charge is 0.524 e. The van der Waals surface area contributed by atoms with Gasteiger partial charge < -0.3 is 13.8 Å². The van der Waals surface area contributed by atoms with Crippen LogP contribution in [0.15, 0.2) is 41.3 Å². The van der Waals surface area contributed by atoms with Gasteiger partial charge in [-0.1, -0.05) is 24.3 Å². The number of nitrogens with zero attached hydrogens (tertiary/aromatic N) is 1. The van der Waals surface area contributed by atoms with Gasteiger partial charge in [-0.3, -0.25) is 0 Å². The van der Waals surface area contributed by atoms with Crippen LogP contribution in [0.3, 0.4) is 0 Å². The summed E-state index contributed by atoms with van der Waals surface area (Å²) in [4.78, 5) is 13.1. The lowest BCUT2D eigenvalue weighted by Crippen LogP contribution is -2.15. The van der Waals surface area contributed by atoms with Gasteiger partial charge in [0.15, 0.2) is 0 Å². The van der Waals surface area contributed by atoms with E-state index in [0.717, 1.165) is 11.1 Å². The van der Waals surface area contributed by atoms with Crippen LogP contribution in [0.4, 0.5) is 10.5 Å². The van der Waals surface area contributed by atoms with Gasteiger partial charge in [-0.05, 0) is 19.1 Å². The first-order valence-corrected chi connectivity index (χ1v) is 8.08. The maximum Gasteiger partial charge on any atom is 0.524 e. The second-order valence-electron chi connectivity index (χ2n) is 4.74. The topological polar surface area (TPSA) is 72.9 Å². The van der Waals surface area contributed by atoms with E-state index in [1.54, 1.807) is 25.1 Å². The monoisotopic (exact) mass is 323 g/mol. The standard InChI is InChI=1S/C15H17NO5S/c1-4-20-15(17)21-22(18,19)14-10-6-7-11-12(14)8-5-9-13(11)16(2)3/h5-10H,4H2,1-3H3. The third-order valence-electron chi connectivity index (χ3n) is 3.05. The Morgan fingerprint density at radius 2 is 1.73 bits per heavy atom. The highest BCUT2D eigenvalue weighted by molar-refractivity contribution is 7.87. The zero-order valence-corrected chi connectivity index (χ0v) is 13.4. The van der Waals surface area contributed by atoms with Crippen molar-refractivity contribution in [3.05, 3.63) is 36.4 Å². The van der Waals surface area contributed by atoms with E-state index in [1.165, 1.54) is 6.07 Å². The molecule has 0 saturated carbocycles. The molecule has 2 rings (SSSR count). The number of benzene rings is 2. The van der Waals surface area contributed by atoms with Crippen LogP contribution in [0.5, 0.6) is 0 Å². The summed E-state index contributed by atoms with van der Waals surface area (Å²) in [7, 11) is -0.512. The van der Waals surface area contributed by atoms with Crippen molar-refractivity contribution < 1.29 is 22.1 Å². The van der Waals surface area contributed by atoms with Gasteiger partial charge in [0.25, 0.3) is 0 Å². The van der Waals surface area contributed by atoms with E-state index >= 15 is 0 Å². The Hall–Kier alpha value is -2.28. The molecule has 0 fully saturated rings. The summed E-state index contributed by atoms with van der Waals surface area (Å²) in [6.45, 7) is 1.60. The molecule has 7 heteroatoms. The molecule has 0 aliphatic carbocycles. The molecular formula is C15H17NO5S. The molecule has 6 nitrogen and oxygen atoms in total. The Morgan fingerprint density at radius 1 is 1.09 bits per heavy atom. The van der Waals surface area contributed by atoms with Crippen LogP contribution >= 0.6 is 0 Å². The predicted octanol–water partition coefficient (Wildman–Crippen LogP) is 2.77. The minimum atomic E-state index is -4.24. The number of hydrogen-bond donors (Lipinski definition) is 0. The van der Waals surface area contributed by atoms with Crippen molar-refractivity contribution in [2.24, 2.45) is 0 Å². The van der Waals surface area contributed by atoms with Gasteiger partial charge in [0, 0.05) is 30.6 Å². The molecule has 22 heavy (non-hydrogen) atoms. The van der Waals surface area contributed by atoms with E-state index < -0.39 is 16.3 Å². The molecule has 0 N–H and O–H groups in total. The third-order valence-corrected chi connectivity index (χ3v) is 4.30. The Bertz CT molecular complexity index is 799. The van der Waals surface area contributed by atoms with Crippen molar-refractivity contribution >= 4 is 32.7 Å². The summed E-state index contributed by atoms with van der Waals surface area (Å²) in [5.41, 5.74) is 0.866. The van der Waals surface area contributed by atoms with E-state index in [-0.39, 0.29) is 11.5 Å². The molecule has 0 unspecified atom stereocenters. The number of fused-ring (bicyclic) bond motifs is 1. The van der Waals surface area contributed by atoms with Crippen molar-refractivity contribution in [1.29, 1.82) is 0 Å². The highest BCUT2D eigenvalue weighted by Crippen LogP contribution is 2.30. The van der Waals surface area contributed by atoms with Gasteiger partial charge in [0.05, 0.1) is 6.61 Å². The predicted molar refractivity (Wildman–Crippen MR) is 83.6 cm³/mol. The van der Waals surface area contributed by atoms with Crippen LogP contribution in [0, 0.1) is 0 Å². The second kappa shape index (κ2) is 6.23. The third kappa shape index (κ3) is 3.14. The van der Waals surface area contributed by atoms with Crippen molar-refractivity contribution in [2.75, 3.05) is 25.6 Å². The van der Waals surface area contributed by atoms with Crippen molar-refractivity contribution in [2.45, 2.75) is 11.8 Å². The Kier molecular flexibility index (Phi) is 4.56. The van der Waals surface area contributed by atoms with E-state index in [0.29, 0.717) is 5.39 Å². The molecule has 0 heterocycles. The maximum absolute atomic E-state index is 12.3. The van der Waals surface area contributed by atoms with Gasteiger partial charge in [-0.2, -0.15) is 8.42 Å². The molecule has 2 aromatic carbocycles. The molecule has 118 valence electrons. The average molecular weight is 323 g/mol. The van der Waals surface area contributed by atoms with Crippen LogP contribution in [0.2, 0.25) is 0 Å². The van der Waals surface area contributed by atoms with Crippen LogP contribution in [0.1, 0.15) is 6.92 Å². The van der Waals surface area contributed by atoms with Gasteiger partial charge >= 0.3 is 16.3 Å². The van der Waals surface area contributed by atoms with Gasteiger partial charge in [0.2, 0.25) is 0 Å². The minimum absolute atomic E-state index is 0.0364. The van der Waals surface area contributed by atoms with Crippen LogP contribution in [-0.4, -0.2) is 35.3 Å². The van der Waals surface area contributed by atoms with Crippen molar-refractivity contribution in [3.8, 4) is 0 Å². The SMILES string of the molecule is CCOC(=O)OS(=O)(=O)c1cccc2c(N(C)C)cccc12. The maximum atomic E-state index is 12.3. The summed E-state index contributed by atoms with van der Waals surface area (Å²) in [6, 6.07) is 10.1. The van der Waals surface area contributed by atoms with E-state index in [2.05, 4.69) is 8.92 Å².